The molecule has 1 N–H and O–H groups in total. The number of rotatable bonds is 6. The number of unbranched alkanes of at least 4 members (excludes halogenated alkanes) is 4. The van der Waals surface area contributed by atoms with Crippen LogP contribution in [-0.4, -0.2) is 18.5 Å². The molecule has 0 aliphatic heterocycles. The molecule has 0 fully saturated rings. The number of aliphatic hydroxyl groups is 1. The summed E-state index contributed by atoms with van der Waals surface area (Å²) < 4.78 is 0. The lowest BCUT2D eigenvalue weighted by Gasteiger charge is -2.16. The number of hydrogen-bond donors (Lipinski definition) is 1. The largest absolute Gasteiger partial charge is 0.400 e. The van der Waals surface area contributed by atoms with Crippen LogP contribution in [0.2, 0.25) is 0 Å². The highest BCUT2D eigenvalue weighted by Gasteiger charge is 2.09. The molecule has 0 amide bonds. The molecule has 1 nitrogen and oxygen atoms in total. The fraction of sp³-hybridized carbons (Fsp3) is 1.00. The highest BCUT2D eigenvalue weighted by molar-refractivity contribution is 6.13. The van der Waals surface area contributed by atoms with Gasteiger partial charge in [0, 0.05) is 5.50 Å². The van der Waals surface area contributed by atoms with Crippen LogP contribution in [0.4, 0.5) is 0 Å². The molecular formula is C9H19BO. The molecule has 11 heavy (non-hydrogen) atoms. The summed E-state index contributed by atoms with van der Waals surface area (Å²) in [5.41, 5.74) is -0.952. The predicted octanol–water partition coefficient (Wildman–Crippen LogP) is 2.22. The first kappa shape index (κ1) is 11.0. The Labute approximate surface area is 71.6 Å². The SMILES string of the molecule is [B]C(C)(O)CCCCCCC. The predicted molar refractivity (Wildman–Crippen MR) is 49.8 cm³/mol. The molecule has 0 spiro atoms. The quantitative estimate of drug-likeness (QED) is 0.459. The van der Waals surface area contributed by atoms with E-state index in [0.717, 1.165) is 12.8 Å². The van der Waals surface area contributed by atoms with Gasteiger partial charge in [-0.25, -0.2) is 0 Å². The van der Waals surface area contributed by atoms with Crippen LogP contribution in [0, 0.1) is 0 Å². The molecule has 0 bridgehead atoms. The third-order valence-electron chi connectivity index (χ3n) is 1.79. The topological polar surface area (TPSA) is 20.2 Å². The van der Waals surface area contributed by atoms with Gasteiger partial charge in [-0.15, -0.1) is 0 Å². The molecule has 2 heteroatoms. The van der Waals surface area contributed by atoms with Gasteiger partial charge in [0.1, 0.15) is 7.85 Å². The Balaban J connectivity index is 3.02. The van der Waals surface area contributed by atoms with Gasteiger partial charge >= 0.3 is 0 Å². The first-order valence-electron chi connectivity index (χ1n) is 4.57. The summed E-state index contributed by atoms with van der Waals surface area (Å²) in [7, 11) is 5.41. The van der Waals surface area contributed by atoms with Gasteiger partial charge in [0.25, 0.3) is 0 Å². The second kappa shape index (κ2) is 5.65. The van der Waals surface area contributed by atoms with E-state index in [1.807, 2.05) is 0 Å². The van der Waals surface area contributed by atoms with Crippen molar-refractivity contribution in [3.05, 3.63) is 0 Å². The Kier molecular flexibility index (Phi) is 5.66. The van der Waals surface area contributed by atoms with Gasteiger partial charge < -0.3 is 5.11 Å². The van der Waals surface area contributed by atoms with E-state index in [-0.39, 0.29) is 0 Å². The number of hydrogen-bond acceptors (Lipinski definition) is 1. The molecule has 0 aromatic heterocycles. The van der Waals surface area contributed by atoms with Crippen LogP contribution >= 0.6 is 0 Å². The highest BCUT2D eigenvalue weighted by Crippen LogP contribution is 2.11. The van der Waals surface area contributed by atoms with Crippen LogP contribution in [-0.2, 0) is 0 Å². The van der Waals surface area contributed by atoms with Crippen LogP contribution in [0.25, 0.3) is 0 Å². The first-order valence-corrected chi connectivity index (χ1v) is 4.57. The standard InChI is InChI=1S/C9H19BO/c1-3-4-5-6-7-8-9(2,10)11/h11H,3-8H2,1-2H3. The molecule has 0 aliphatic carbocycles. The van der Waals surface area contributed by atoms with Gasteiger partial charge in [-0.05, 0) is 13.3 Å². The average Bonchev–Trinajstić information content (AvgIpc) is 1.85. The molecule has 2 radical (unpaired) electrons. The summed E-state index contributed by atoms with van der Waals surface area (Å²) in [4.78, 5) is 0. The van der Waals surface area contributed by atoms with Crippen molar-refractivity contribution in [2.24, 2.45) is 0 Å². The molecule has 0 heterocycles. The third-order valence-corrected chi connectivity index (χ3v) is 1.79. The molecule has 64 valence electrons. The summed E-state index contributed by atoms with van der Waals surface area (Å²) in [6, 6.07) is 0. The summed E-state index contributed by atoms with van der Waals surface area (Å²) >= 11 is 0. The van der Waals surface area contributed by atoms with Gasteiger partial charge in [0.05, 0.1) is 0 Å². The molecule has 0 aromatic carbocycles. The summed E-state index contributed by atoms with van der Waals surface area (Å²) in [6.45, 7) is 3.85. The van der Waals surface area contributed by atoms with Crippen molar-refractivity contribution in [3.63, 3.8) is 0 Å². The van der Waals surface area contributed by atoms with E-state index in [1.54, 1.807) is 6.92 Å². The minimum atomic E-state index is -0.952. The highest BCUT2D eigenvalue weighted by atomic mass is 16.3. The Morgan fingerprint density at radius 3 is 2.18 bits per heavy atom. The van der Waals surface area contributed by atoms with E-state index >= 15 is 0 Å². The molecule has 0 rings (SSSR count). The molecule has 0 saturated carbocycles. The van der Waals surface area contributed by atoms with Gasteiger partial charge in [-0.3, -0.25) is 0 Å². The van der Waals surface area contributed by atoms with Crippen molar-refractivity contribution in [2.45, 2.75) is 57.9 Å². The van der Waals surface area contributed by atoms with Crippen molar-refractivity contribution in [3.8, 4) is 0 Å². The lowest BCUT2D eigenvalue weighted by atomic mass is 9.79. The van der Waals surface area contributed by atoms with Gasteiger partial charge in [-0.1, -0.05) is 39.0 Å². The normalized spacial score (nSPS) is 16.3. The maximum Gasteiger partial charge on any atom is 0.112 e. The van der Waals surface area contributed by atoms with Gasteiger partial charge in [-0.2, -0.15) is 0 Å². The van der Waals surface area contributed by atoms with Gasteiger partial charge in [0.15, 0.2) is 0 Å². The molecule has 0 saturated heterocycles. The molecule has 1 atom stereocenters. The minimum absolute atomic E-state index is 0.719. The Morgan fingerprint density at radius 2 is 1.73 bits per heavy atom. The lowest BCUT2D eigenvalue weighted by molar-refractivity contribution is 0.134. The summed E-state index contributed by atoms with van der Waals surface area (Å²) in [5.74, 6) is 0. The Hall–Kier alpha value is 0.0249. The molecular weight excluding hydrogens is 135 g/mol. The van der Waals surface area contributed by atoms with Crippen molar-refractivity contribution in [1.82, 2.24) is 0 Å². The fourth-order valence-corrected chi connectivity index (χ4v) is 1.09. The van der Waals surface area contributed by atoms with Crippen LogP contribution in [0.1, 0.15) is 52.4 Å². The van der Waals surface area contributed by atoms with Crippen molar-refractivity contribution >= 4 is 7.85 Å². The third kappa shape index (κ3) is 10.0. The molecule has 0 aromatic rings. The minimum Gasteiger partial charge on any atom is -0.400 e. The Morgan fingerprint density at radius 1 is 1.18 bits per heavy atom. The zero-order valence-electron chi connectivity index (χ0n) is 7.77. The van der Waals surface area contributed by atoms with E-state index < -0.39 is 5.50 Å². The van der Waals surface area contributed by atoms with Gasteiger partial charge in [0.2, 0.25) is 0 Å². The summed E-state index contributed by atoms with van der Waals surface area (Å²) in [5, 5.41) is 9.15. The van der Waals surface area contributed by atoms with Crippen LogP contribution < -0.4 is 0 Å². The monoisotopic (exact) mass is 154 g/mol. The Bertz CT molecular complexity index is 86.1. The zero-order chi connectivity index (χ0) is 8.74. The van der Waals surface area contributed by atoms with E-state index in [4.69, 9.17) is 13.0 Å². The van der Waals surface area contributed by atoms with Crippen LogP contribution in [0.3, 0.4) is 0 Å². The average molecular weight is 154 g/mol. The van der Waals surface area contributed by atoms with Crippen molar-refractivity contribution < 1.29 is 5.11 Å². The van der Waals surface area contributed by atoms with Crippen molar-refractivity contribution in [1.29, 1.82) is 0 Å². The van der Waals surface area contributed by atoms with Crippen LogP contribution in [0.5, 0.6) is 0 Å². The van der Waals surface area contributed by atoms with E-state index in [0.29, 0.717) is 0 Å². The van der Waals surface area contributed by atoms with E-state index in [2.05, 4.69) is 6.92 Å². The second-order valence-electron chi connectivity index (χ2n) is 3.52. The van der Waals surface area contributed by atoms with E-state index in [9.17, 15) is 0 Å². The fourth-order valence-electron chi connectivity index (χ4n) is 1.09. The molecule has 0 aliphatic rings. The first-order chi connectivity index (χ1) is 5.06. The smallest absolute Gasteiger partial charge is 0.112 e. The zero-order valence-corrected chi connectivity index (χ0v) is 7.77. The second-order valence-corrected chi connectivity index (χ2v) is 3.52. The summed E-state index contributed by atoms with van der Waals surface area (Å²) in [6.07, 6.45) is 6.79. The maximum absolute atomic E-state index is 9.15. The molecule has 1 unspecified atom stereocenters. The lowest BCUT2D eigenvalue weighted by Crippen LogP contribution is -2.23. The maximum atomic E-state index is 9.15. The van der Waals surface area contributed by atoms with Crippen molar-refractivity contribution in [2.75, 3.05) is 0 Å². The van der Waals surface area contributed by atoms with E-state index in [1.165, 1.54) is 25.7 Å². The van der Waals surface area contributed by atoms with Crippen LogP contribution in [0.15, 0.2) is 0 Å².